The van der Waals surface area contributed by atoms with E-state index in [2.05, 4.69) is 10.2 Å². The van der Waals surface area contributed by atoms with E-state index in [9.17, 15) is 14.7 Å². The number of rotatable bonds is 5. The Kier molecular flexibility index (Phi) is 5.01. The smallest absolute Gasteiger partial charge is 0.329 e. The molecule has 1 aromatic carbocycles. The van der Waals surface area contributed by atoms with Gasteiger partial charge in [-0.2, -0.15) is 0 Å². The van der Waals surface area contributed by atoms with Crippen LogP contribution in [0.1, 0.15) is 50.8 Å². The van der Waals surface area contributed by atoms with E-state index in [0.29, 0.717) is 23.6 Å². The molecule has 4 saturated carbocycles. The summed E-state index contributed by atoms with van der Waals surface area (Å²) in [4.78, 5) is 28.3. The van der Waals surface area contributed by atoms with E-state index in [4.69, 9.17) is 9.15 Å². The summed E-state index contributed by atoms with van der Waals surface area (Å²) in [6.45, 7) is 0.0315. The van der Waals surface area contributed by atoms with E-state index in [-0.39, 0.29) is 36.8 Å². The summed E-state index contributed by atoms with van der Waals surface area (Å²) in [6.07, 6.45) is 6.01. The number of hydrogen-bond donors (Lipinski definition) is 1. The molecule has 2 heterocycles. The van der Waals surface area contributed by atoms with Crippen LogP contribution in [0.25, 0.3) is 11.5 Å². The summed E-state index contributed by atoms with van der Waals surface area (Å²) in [5.41, 5.74) is 0.433. The molecule has 2 aromatic rings. The monoisotopic (exact) mass is 451 g/mol. The van der Waals surface area contributed by atoms with Gasteiger partial charge in [0.05, 0.1) is 11.5 Å². The Labute approximate surface area is 192 Å². The zero-order valence-electron chi connectivity index (χ0n) is 18.6. The summed E-state index contributed by atoms with van der Waals surface area (Å²) in [7, 11) is 0. The molecule has 8 heteroatoms. The number of carbonyl (C=O) groups excluding carboxylic acids is 2. The molecule has 0 spiro atoms. The SMILES string of the molecule is O=C(OCc1nnc(-c2ccccc2)o1)[C@@H]1CC(O)CN1C(=O)C12CC3CC(CC(C3)C1)C2. The van der Waals surface area contributed by atoms with Crippen LogP contribution < -0.4 is 0 Å². The van der Waals surface area contributed by atoms with Gasteiger partial charge in [-0.1, -0.05) is 18.2 Å². The minimum Gasteiger partial charge on any atom is -0.454 e. The minimum atomic E-state index is -0.767. The Hall–Kier alpha value is -2.74. The third-order valence-corrected chi connectivity index (χ3v) is 8.13. The Morgan fingerprint density at radius 2 is 1.70 bits per heavy atom. The topological polar surface area (TPSA) is 106 Å². The van der Waals surface area contributed by atoms with Crippen molar-refractivity contribution in [1.29, 1.82) is 0 Å². The fourth-order valence-corrected chi connectivity index (χ4v) is 7.18. The second-order valence-electron chi connectivity index (χ2n) is 10.5. The van der Waals surface area contributed by atoms with Crippen molar-refractivity contribution in [2.45, 2.75) is 63.7 Å². The van der Waals surface area contributed by atoms with Gasteiger partial charge in [0.1, 0.15) is 6.04 Å². The van der Waals surface area contributed by atoms with Crippen LogP contribution in [-0.2, 0) is 20.9 Å². The molecule has 5 fully saturated rings. The molecule has 0 radical (unpaired) electrons. The average molecular weight is 452 g/mol. The van der Waals surface area contributed by atoms with Crippen LogP contribution in [-0.4, -0.2) is 50.8 Å². The Morgan fingerprint density at radius 3 is 2.36 bits per heavy atom. The van der Waals surface area contributed by atoms with Gasteiger partial charge in [-0.25, -0.2) is 4.79 Å². The number of aliphatic hydroxyl groups excluding tert-OH is 1. The van der Waals surface area contributed by atoms with Crippen LogP contribution in [0.15, 0.2) is 34.7 Å². The van der Waals surface area contributed by atoms with E-state index < -0.39 is 18.1 Å². The minimum absolute atomic E-state index is 0.0456. The standard InChI is InChI=1S/C25H29N3O5/c29-19-9-20(23(30)32-14-21-26-27-22(33-21)18-4-2-1-3-5-18)28(13-19)24(31)25-10-15-6-16(11-25)8-17(7-15)12-25/h1-5,15-17,19-20,29H,6-14H2/t15?,16?,17?,19?,20-,25?/m0/s1. The number of amides is 1. The highest BCUT2D eigenvalue weighted by atomic mass is 16.5. The molecular formula is C25H29N3O5. The number of hydrogen-bond acceptors (Lipinski definition) is 7. The first-order valence-corrected chi connectivity index (χ1v) is 12.0. The predicted octanol–water partition coefficient (Wildman–Crippen LogP) is 2.96. The number of carbonyl (C=O) groups is 2. The second kappa shape index (κ2) is 7.94. The van der Waals surface area contributed by atoms with E-state index in [1.807, 2.05) is 30.3 Å². The van der Waals surface area contributed by atoms with Crippen LogP contribution in [0.4, 0.5) is 0 Å². The Balaban J connectivity index is 1.13. The molecule has 8 nitrogen and oxygen atoms in total. The zero-order valence-corrected chi connectivity index (χ0v) is 18.6. The van der Waals surface area contributed by atoms with E-state index in [0.717, 1.165) is 24.8 Å². The quantitative estimate of drug-likeness (QED) is 0.697. The first kappa shape index (κ1) is 20.8. The van der Waals surface area contributed by atoms with Crippen molar-refractivity contribution in [2.75, 3.05) is 6.54 Å². The van der Waals surface area contributed by atoms with E-state index in [1.54, 1.807) is 4.90 Å². The number of benzene rings is 1. The molecule has 33 heavy (non-hydrogen) atoms. The third-order valence-electron chi connectivity index (χ3n) is 8.13. The molecule has 1 amide bonds. The summed E-state index contributed by atoms with van der Waals surface area (Å²) < 4.78 is 11.1. The van der Waals surface area contributed by atoms with Crippen LogP contribution in [0.5, 0.6) is 0 Å². The third kappa shape index (κ3) is 3.74. The fourth-order valence-electron chi connectivity index (χ4n) is 7.18. The normalized spacial score (nSPS) is 34.6. The molecule has 1 saturated heterocycles. The molecule has 1 unspecified atom stereocenters. The number of esters is 1. The molecule has 174 valence electrons. The first-order chi connectivity index (χ1) is 16.0. The van der Waals surface area contributed by atoms with Gasteiger partial charge >= 0.3 is 5.97 Å². The van der Waals surface area contributed by atoms with Crippen molar-refractivity contribution in [3.05, 3.63) is 36.2 Å². The molecule has 2 atom stereocenters. The summed E-state index contributed by atoms with van der Waals surface area (Å²) >= 11 is 0. The van der Waals surface area contributed by atoms with Crippen molar-refractivity contribution in [3.8, 4) is 11.5 Å². The van der Waals surface area contributed by atoms with Crippen LogP contribution in [0, 0.1) is 23.2 Å². The number of nitrogens with zero attached hydrogens (tertiary/aromatic N) is 3. The van der Waals surface area contributed by atoms with Gasteiger partial charge in [-0.05, 0) is 68.4 Å². The highest BCUT2D eigenvalue weighted by molar-refractivity contribution is 5.89. The van der Waals surface area contributed by atoms with Gasteiger partial charge in [0.25, 0.3) is 5.89 Å². The van der Waals surface area contributed by atoms with Gasteiger partial charge in [-0.15, -0.1) is 10.2 Å². The molecule has 4 bridgehead atoms. The molecule has 1 aromatic heterocycles. The number of ether oxygens (including phenoxy) is 1. The highest BCUT2D eigenvalue weighted by Crippen LogP contribution is 2.60. The van der Waals surface area contributed by atoms with E-state index >= 15 is 0 Å². The lowest BCUT2D eigenvalue weighted by molar-refractivity contribution is -0.166. The van der Waals surface area contributed by atoms with Crippen LogP contribution in [0.2, 0.25) is 0 Å². The van der Waals surface area contributed by atoms with Crippen molar-refractivity contribution in [1.82, 2.24) is 15.1 Å². The maximum absolute atomic E-state index is 13.8. The maximum Gasteiger partial charge on any atom is 0.329 e. The number of aliphatic hydroxyl groups is 1. The molecular weight excluding hydrogens is 422 g/mol. The van der Waals surface area contributed by atoms with Crippen molar-refractivity contribution in [3.63, 3.8) is 0 Å². The number of aromatic nitrogens is 2. The van der Waals surface area contributed by atoms with Gasteiger partial charge < -0.3 is 19.2 Å². The molecule has 7 rings (SSSR count). The highest BCUT2D eigenvalue weighted by Gasteiger charge is 2.57. The molecule has 1 N–H and O–H groups in total. The summed E-state index contributed by atoms with van der Waals surface area (Å²) in [6, 6.07) is 8.60. The van der Waals surface area contributed by atoms with Gasteiger partial charge in [0.15, 0.2) is 6.61 Å². The summed E-state index contributed by atoms with van der Waals surface area (Å²) in [5, 5.41) is 18.3. The Morgan fingerprint density at radius 1 is 1.03 bits per heavy atom. The average Bonchev–Trinajstić information content (AvgIpc) is 3.43. The predicted molar refractivity (Wildman–Crippen MR) is 116 cm³/mol. The van der Waals surface area contributed by atoms with Gasteiger partial charge in [0.2, 0.25) is 11.8 Å². The van der Waals surface area contributed by atoms with E-state index in [1.165, 1.54) is 19.3 Å². The number of β-amino-alcohol motifs (C(OH)–C–C–N with tert-alkyl or cyclic N) is 1. The molecule has 1 aliphatic heterocycles. The number of likely N-dealkylation sites (tertiary alicyclic amines) is 1. The lowest BCUT2D eigenvalue weighted by atomic mass is 9.49. The maximum atomic E-state index is 13.8. The zero-order chi connectivity index (χ0) is 22.6. The van der Waals surface area contributed by atoms with Crippen LogP contribution >= 0.6 is 0 Å². The van der Waals surface area contributed by atoms with Crippen LogP contribution in [0.3, 0.4) is 0 Å². The second-order valence-corrected chi connectivity index (χ2v) is 10.5. The Bertz CT molecular complexity index is 1020. The largest absolute Gasteiger partial charge is 0.454 e. The van der Waals surface area contributed by atoms with Crippen molar-refractivity contribution >= 4 is 11.9 Å². The molecule has 4 aliphatic carbocycles. The van der Waals surface area contributed by atoms with Gasteiger partial charge in [0, 0.05) is 18.5 Å². The van der Waals surface area contributed by atoms with Crippen molar-refractivity contribution in [2.24, 2.45) is 23.2 Å². The summed E-state index contributed by atoms with van der Waals surface area (Å²) in [5.74, 6) is 1.98. The fraction of sp³-hybridized carbons (Fsp3) is 0.600. The van der Waals surface area contributed by atoms with Crippen molar-refractivity contribution < 1.29 is 23.8 Å². The first-order valence-electron chi connectivity index (χ1n) is 12.0. The lowest BCUT2D eigenvalue weighted by Gasteiger charge is -2.56. The molecule has 5 aliphatic rings. The van der Waals surface area contributed by atoms with Gasteiger partial charge in [-0.3, -0.25) is 4.79 Å². The lowest BCUT2D eigenvalue weighted by Crippen LogP contribution is -2.56.